The average Bonchev–Trinajstić information content (AvgIpc) is 2.95. The summed E-state index contributed by atoms with van der Waals surface area (Å²) in [7, 11) is -3.02. The lowest BCUT2D eigenvalue weighted by Gasteiger charge is -2.33. The normalized spacial score (nSPS) is 40.9. The summed E-state index contributed by atoms with van der Waals surface area (Å²) in [6.07, 6.45) is 8.55. The van der Waals surface area contributed by atoms with Gasteiger partial charge in [0.15, 0.2) is 0 Å². The van der Waals surface area contributed by atoms with Crippen molar-refractivity contribution >= 4 is 10.0 Å². The van der Waals surface area contributed by atoms with Gasteiger partial charge in [0.25, 0.3) is 0 Å². The van der Waals surface area contributed by atoms with Gasteiger partial charge in [0.05, 0.1) is 6.26 Å². The molecule has 4 unspecified atom stereocenters. The first-order chi connectivity index (χ1) is 8.93. The van der Waals surface area contributed by atoms with Crippen molar-refractivity contribution in [2.45, 2.75) is 44.6 Å². The van der Waals surface area contributed by atoms with Gasteiger partial charge in [-0.15, -0.1) is 0 Å². The van der Waals surface area contributed by atoms with Crippen molar-refractivity contribution in [2.75, 3.05) is 19.3 Å². The second-order valence-corrected chi connectivity index (χ2v) is 9.00. The maximum atomic E-state index is 11.6. The molecule has 5 heteroatoms. The number of sulfonamides is 1. The van der Waals surface area contributed by atoms with Crippen LogP contribution in [0.3, 0.4) is 0 Å². The van der Waals surface area contributed by atoms with E-state index in [1.807, 2.05) is 0 Å². The first-order valence-corrected chi connectivity index (χ1v) is 9.49. The number of nitrogens with two attached hydrogens (primary N) is 1. The van der Waals surface area contributed by atoms with Crippen molar-refractivity contribution in [1.29, 1.82) is 0 Å². The Kier molecular flexibility index (Phi) is 3.65. The van der Waals surface area contributed by atoms with Crippen LogP contribution in [0.25, 0.3) is 0 Å². The Labute approximate surface area is 116 Å². The number of nitrogens with zero attached hydrogens (tertiary/aromatic N) is 1. The molecule has 0 aromatic heterocycles. The van der Waals surface area contributed by atoms with Gasteiger partial charge in [0, 0.05) is 19.1 Å². The van der Waals surface area contributed by atoms with Crippen LogP contribution in [0.15, 0.2) is 0 Å². The smallest absolute Gasteiger partial charge is 0.211 e. The molecule has 3 aliphatic rings. The van der Waals surface area contributed by atoms with Crippen LogP contribution in [0.5, 0.6) is 0 Å². The number of hydrogen-bond donors (Lipinski definition) is 1. The SMILES string of the molecule is CS(=O)(=O)N1CCCC(CC(N)C2CC3CC3C2)C1. The first-order valence-electron chi connectivity index (χ1n) is 7.64. The molecule has 19 heavy (non-hydrogen) atoms. The zero-order valence-corrected chi connectivity index (χ0v) is 12.6. The van der Waals surface area contributed by atoms with Crippen LogP contribution in [0, 0.1) is 23.7 Å². The van der Waals surface area contributed by atoms with Gasteiger partial charge in [-0.3, -0.25) is 0 Å². The second kappa shape index (κ2) is 5.01. The Morgan fingerprint density at radius 1 is 1.26 bits per heavy atom. The molecule has 0 bridgehead atoms. The standard InChI is InChI=1S/C14H26N2O2S/c1-19(17,18)16-4-2-3-10(9-16)5-14(15)13-7-11-6-12(11)8-13/h10-14H,2-9,15H2,1H3. The van der Waals surface area contributed by atoms with Crippen LogP contribution in [-0.4, -0.2) is 38.1 Å². The quantitative estimate of drug-likeness (QED) is 0.850. The number of rotatable bonds is 4. The molecule has 4 nitrogen and oxygen atoms in total. The Bertz CT molecular complexity index is 427. The molecule has 0 radical (unpaired) electrons. The lowest BCUT2D eigenvalue weighted by molar-refractivity contribution is 0.226. The summed E-state index contributed by atoms with van der Waals surface area (Å²) in [5, 5.41) is 0. The molecule has 1 aliphatic heterocycles. The fourth-order valence-corrected chi connectivity index (χ4v) is 5.15. The Hall–Kier alpha value is -0.130. The van der Waals surface area contributed by atoms with Crippen LogP contribution in [0.2, 0.25) is 0 Å². The molecule has 1 saturated heterocycles. The summed E-state index contributed by atoms with van der Waals surface area (Å²) in [6, 6.07) is 0.289. The van der Waals surface area contributed by atoms with Gasteiger partial charge in [-0.05, 0) is 62.2 Å². The van der Waals surface area contributed by atoms with E-state index in [-0.39, 0.29) is 6.04 Å². The number of fused-ring (bicyclic) bond motifs is 1. The van der Waals surface area contributed by atoms with E-state index in [1.54, 1.807) is 4.31 Å². The summed E-state index contributed by atoms with van der Waals surface area (Å²) in [5.74, 6) is 3.14. The van der Waals surface area contributed by atoms with Gasteiger partial charge in [0.2, 0.25) is 10.0 Å². The van der Waals surface area contributed by atoms with E-state index in [2.05, 4.69) is 0 Å². The molecule has 1 heterocycles. The van der Waals surface area contributed by atoms with Gasteiger partial charge >= 0.3 is 0 Å². The summed E-state index contributed by atoms with van der Waals surface area (Å²) >= 11 is 0. The van der Waals surface area contributed by atoms with Crippen molar-refractivity contribution in [1.82, 2.24) is 4.31 Å². The Morgan fingerprint density at radius 3 is 2.58 bits per heavy atom. The lowest BCUT2D eigenvalue weighted by Crippen LogP contribution is -2.42. The highest BCUT2D eigenvalue weighted by Crippen LogP contribution is 2.55. The molecule has 0 spiro atoms. The Balaban J connectivity index is 1.51. The molecule has 0 aromatic rings. The van der Waals surface area contributed by atoms with Crippen LogP contribution in [0.1, 0.15) is 38.5 Å². The minimum absolute atomic E-state index is 0.289. The zero-order chi connectivity index (χ0) is 13.6. The third kappa shape index (κ3) is 3.14. The maximum absolute atomic E-state index is 11.6. The predicted octanol–water partition coefficient (Wildman–Crippen LogP) is 1.42. The van der Waals surface area contributed by atoms with E-state index >= 15 is 0 Å². The van der Waals surface area contributed by atoms with Crippen LogP contribution < -0.4 is 5.73 Å². The molecule has 3 rings (SSSR count). The molecule has 2 saturated carbocycles. The van der Waals surface area contributed by atoms with Gasteiger partial charge in [0.1, 0.15) is 0 Å². The Morgan fingerprint density at radius 2 is 1.95 bits per heavy atom. The highest BCUT2D eigenvalue weighted by atomic mass is 32.2. The van der Waals surface area contributed by atoms with Gasteiger partial charge < -0.3 is 5.73 Å². The summed E-state index contributed by atoms with van der Waals surface area (Å²) < 4.78 is 24.9. The van der Waals surface area contributed by atoms with E-state index in [1.165, 1.54) is 25.5 Å². The monoisotopic (exact) mass is 286 g/mol. The summed E-state index contributed by atoms with van der Waals surface area (Å²) in [5.41, 5.74) is 6.38. The largest absolute Gasteiger partial charge is 0.327 e. The first kappa shape index (κ1) is 13.8. The number of hydrogen-bond acceptors (Lipinski definition) is 3. The fraction of sp³-hybridized carbons (Fsp3) is 1.00. The van der Waals surface area contributed by atoms with Crippen molar-refractivity contribution in [3.8, 4) is 0 Å². The minimum Gasteiger partial charge on any atom is -0.327 e. The molecule has 4 atom stereocenters. The molecular formula is C14H26N2O2S. The van der Waals surface area contributed by atoms with Crippen LogP contribution in [0.4, 0.5) is 0 Å². The summed E-state index contributed by atoms with van der Waals surface area (Å²) in [4.78, 5) is 0. The molecule has 2 aliphatic carbocycles. The highest BCUT2D eigenvalue weighted by Gasteiger charge is 2.47. The molecule has 0 aromatic carbocycles. The van der Waals surface area contributed by atoms with Gasteiger partial charge in [-0.25, -0.2) is 12.7 Å². The topological polar surface area (TPSA) is 63.4 Å². The van der Waals surface area contributed by atoms with Crippen molar-refractivity contribution in [2.24, 2.45) is 29.4 Å². The zero-order valence-electron chi connectivity index (χ0n) is 11.8. The van der Waals surface area contributed by atoms with E-state index in [0.29, 0.717) is 24.9 Å². The maximum Gasteiger partial charge on any atom is 0.211 e. The van der Waals surface area contributed by atoms with E-state index in [4.69, 9.17) is 5.73 Å². The third-order valence-corrected chi connectivity index (χ3v) is 6.71. The third-order valence-electron chi connectivity index (χ3n) is 5.44. The minimum atomic E-state index is -3.02. The van der Waals surface area contributed by atoms with E-state index < -0.39 is 10.0 Å². The van der Waals surface area contributed by atoms with Crippen molar-refractivity contribution in [3.05, 3.63) is 0 Å². The highest BCUT2D eigenvalue weighted by molar-refractivity contribution is 7.88. The molecule has 0 amide bonds. The molecule has 3 fully saturated rings. The van der Waals surface area contributed by atoms with E-state index in [9.17, 15) is 8.42 Å². The predicted molar refractivity (Wildman–Crippen MR) is 76.1 cm³/mol. The van der Waals surface area contributed by atoms with Crippen molar-refractivity contribution < 1.29 is 8.42 Å². The molecule has 2 N–H and O–H groups in total. The second-order valence-electron chi connectivity index (χ2n) is 7.02. The number of piperidine rings is 1. The average molecular weight is 286 g/mol. The molecular weight excluding hydrogens is 260 g/mol. The van der Waals surface area contributed by atoms with Crippen LogP contribution in [-0.2, 0) is 10.0 Å². The van der Waals surface area contributed by atoms with Gasteiger partial charge in [-0.2, -0.15) is 0 Å². The fourth-order valence-electron chi connectivity index (χ4n) is 4.21. The molecule has 110 valence electrons. The van der Waals surface area contributed by atoms with Crippen LogP contribution >= 0.6 is 0 Å². The van der Waals surface area contributed by atoms with Gasteiger partial charge in [-0.1, -0.05) is 0 Å². The van der Waals surface area contributed by atoms with Crippen molar-refractivity contribution in [3.63, 3.8) is 0 Å². The lowest BCUT2D eigenvalue weighted by atomic mass is 9.85. The summed E-state index contributed by atoms with van der Waals surface area (Å²) in [6.45, 7) is 1.38. The van der Waals surface area contributed by atoms with E-state index in [0.717, 1.165) is 31.1 Å².